The zero-order valence-corrected chi connectivity index (χ0v) is 16.6. The van der Waals surface area contributed by atoms with Crippen LogP contribution in [-0.2, 0) is 32.3 Å². The van der Waals surface area contributed by atoms with E-state index in [4.69, 9.17) is 14.2 Å². The van der Waals surface area contributed by atoms with Gasteiger partial charge in [-0.2, -0.15) is 0 Å². The average Bonchev–Trinajstić information content (AvgIpc) is 2.96. The number of fused-ring (bicyclic) bond motifs is 1. The molecular weight excluding hydrogens is 389 g/mol. The van der Waals surface area contributed by atoms with Crippen LogP contribution in [0.5, 0.6) is 5.75 Å². The molecule has 0 radical (unpaired) electrons. The van der Waals surface area contributed by atoms with Crippen LogP contribution in [0.15, 0.2) is 42.5 Å². The van der Waals surface area contributed by atoms with E-state index in [9.17, 15) is 14.0 Å². The minimum atomic E-state index is -0.617. The van der Waals surface area contributed by atoms with Gasteiger partial charge in [-0.3, -0.25) is 9.59 Å². The summed E-state index contributed by atoms with van der Waals surface area (Å²) in [6.07, 6.45) is 2.55. The maximum absolute atomic E-state index is 14.1. The lowest BCUT2D eigenvalue weighted by Crippen LogP contribution is -2.35. The van der Waals surface area contributed by atoms with Gasteiger partial charge in [0.1, 0.15) is 24.7 Å². The van der Waals surface area contributed by atoms with Gasteiger partial charge in [0.15, 0.2) is 0 Å². The van der Waals surface area contributed by atoms with Gasteiger partial charge in [-0.15, -0.1) is 0 Å². The fourth-order valence-corrected chi connectivity index (χ4v) is 3.72. The number of rotatable bonds is 5. The first kappa shape index (κ1) is 20.3. The van der Waals surface area contributed by atoms with Crippen molar-refractivity contribution in [3.63, 3.8) is 0 Å². The van der Waals surface area contributed by atoms with E-state index < -0.39 is 18.1 Å². The van der Waals surface area contributed by atoms with E-state index in [1.165, 1.54) is 17.0 Å². The van der Waals surface area contributed by atoms with Crippen molar-refractivity contribution in [2.45, 2.75) is 45.2 Å². The quantitative estimate of drug-likeness (QED) is 0.696. The molecule has 1 fully saturated rings. The Hall–Kier alpha value is -2.93. The second-order valence-electron chi connectivity index (χ2n) is 7.51. The van der Waals surface area contributed by atoms with Gasteiger partial charge in [0, 0.05) is 29.7 Å². The number of carbonyl (C=O) groups is 2. The molecule has 2 heterocycles. The van der Waals surface area contributed by atoms with E-state index in [0.29, 0.717) is 29.8 Å². The minimum Gasteiger partial charge on any atom is -0.460 e. The number of nitrogens with zero attached hydrogens (tertiary/aromatic N) is 1. The highest BCUT2D eigenvalue weighted by Crippen LogP contribution is 2.36. The Morgan fingerprint density at radius 3 is 2.83 bits per heavy atom. The summed E-state index contributed by atoms with van der Waals surface area (Å²) >= 11 is 0. The van der Waals surface area contributed by atoms with Gasteiger partial charge in [-0.05, 0) is 25.0 Å². The molecule has 0 aliphatic carbocycles. The molecule has 1 saturated heterocycles. The molecule has 158 valence electrons. The number of carbonyl (C=O) groups excluding carboxylic acids is 2. The Morgan fingerprint density at radius 2 is 2.00 bits per heavy atom. The van der Waals surface area contributed by atoms with Crippen molar-refractivity contribution in [2.75, 3.05) is 13.1 Å². The molecule has 4 rings (SSSR count). The molecule has 2 aromatic rings. The maximum Gasteiger partial charge on any atom is 0.325 e. The predicted octanol–water partition coefficient (Wildman–Crippen LogP) is 3.88. The smallest absolute Gasteiger partial charge is 0.325 e. The molecule has 30 heavy (non-hydrogen) atoms. The molecule has 0 bridgehead atoms. The van der Waals surface area contributed by atoms with Crippen LogP contribution < -0.4 is 4.74 Å². The summed E-state index contributed by atoms with van der Waals surface area (Å²) < 4.78 is 31.1. The van der Waals surface area contributed by atoms with Gasteiger partial charge >= 0.3 is 5.97 Å². The number of likely N-dealkylation sites (tertiary alicyclic amines) is 1. The zero-order valence-electron chi connectivity index (χ0n) is 16.6. The molecule has 1 amide bonds. The lowest BCUT2D eigenvalue weighted by molar-refractivity contribution is -0.150. The molecule has 7 heteroatoms. The molecule has 0 unspecified atom stereocenters. The van der Waals surface area contributed by atoms with Gasteiger partial charge in [-0.1, -0.05) is 36.8 Å². The van der Waals surface area contributed by atoms with Crippen LogP contribution in [0.2, 0.25) is 0 Å². The average molecular weight is 413 g/mol. The van der Waals surface area contributed by atoms with Gasteiger partial charge in [0.05, 0.1) is 6.61 Å². The van der Waals surface area contributed by atoms with Gasteiger partial charge in [0.2, 0.25) is 12.2 Å². The topological polar surface area (TPSA) is 65.1 Å². The van der Waals surface area contributed by atoms with Crippen LogP contribution >= 0.6 is 0 Å². The molecule has 0 aromatic heterocycles. The maximum atomic E-state index is 14.1. The number of amides is 1. The number of halogens is 1. The van der Waals surface area contributed by atoms with Gasteiger partial charge < -0.3 is 19.1 Å². The lowest BCUT2D eigenvalue weighted by Gasteiger charge is -2.28. The summed E-state index contributed by atoms with van der Waals surface area (Å²) in [5, 5.41) is 0. The van der Waals surface area contributed by atoms with Crippen molar-refractivity contribution in [3.05, 3.63) is 65.0 Å². The Kier molecular flexibility index (Phi) is 6.28. The van der Waals surface area contributed by atoms with E-state index in [0.717, 1.165) is 24.8 Å². The fourth-order valence-electron chi connectivity index (χ4n) is 3.72. The van der Waals surface area contributed by atoms with Crippen molar-refractivity contribution in [1.29, 1.82) is 0 Å². The van der Waals surface area contributed by atoms with E-state index in [2.05, 4.69) is 0 Å². The van der Waals surface area contributed by atoms with E-state index in [-0.39, 0.29) is 25.7 Å². The van der Waals surface area contributed by atoms with Crippen molar-refractivity contribution in [3.8, 4) is 5.75 Å². The first-order valence-corrected chi connectivity index (χ1v) is 10.2. The van der Waals surface area contributed by atoms with Gasteiger partial charge in [0.25, 0.3) is 0 Å². The number of hydrogen-bond donors (Lipinski definition) is 0. The minimum absolute atomic E-state index is 0.0289. The van der Waals surface area contributed by atoms with Crippen LogP contribution in [0, 0.1) is 5.82 Å². The van der Waals surface area contributed by atoms with E-state index in [1.807, 2.05) is 30.3 Å². The predicted molar refractivity (Wildman–Crippen MR) is 106 cm³/mol. The summed E-state index contributed by atoms with van der Waals surface area (Å²) in [4.78, 5) is 25.9. The van der Waals surface area contributed by atoms with Crippen LogP contribution in [0.3, 0.4) is 0 Å². The molecule has 2 aliphatic rings. The summed E-state index contributed by atoms with van der Waals surface area (Å²) in [5.41, 5.74) is 1.84. The van der Waals surface area contributed by atoms with E-state index in [1.54, 1.807) is 0 Å². The molecule has 2 aliphatic heterocycles. The normalized spacial score (nSPS) is 18.9. The first-order valence-electron chi connectivity index (χ1n) is 10.2. The monoisotopic (exact) mass is 413 g/mol. The number of hydrogen-bond acceptors (Lipinski definition) is 5. The highest BCUT2D eigenvalue weighted by atomic mass is 19.1. The summed E-state index contributed by atoms with van der Waals surface area (Å²) in [7, 11) is 0. The third-order valence-electron chi connectivity index (χ3n) is 5.27. The molecular formula is C23H24FNO5. The zero-order chi connectivity index (χ0) is 20.9. The lowest BCUT2D eigenvalue weighted by atomic mass is 10.1. The Morgan fingerprint density at radius 1 is 1.17 bits per heavy atom. The number of esters is 1. The number of benzene rings is 2. The largest absolute Gasteiger partial charge is 0.460 e. The second-order valence-corrected chi connectivity index (χ2v) is 7.51. The highest BCUT2D eigenvalue weighted by Gasteiger charge is 2.26. The van der Waals surface area contributed by atoms with Crippen LogP contribution in [0.1, 0.15) is 48.7 Å². The Balaban J connectivity index is 1.44. The third-order valence-corrected chi connectivity index (χ3v) is 5.27. The Bertz CT molecular complexity index is 917. The molecule has 6 nitrogen and oxygen atoms in total. The summed E-state index contributed by atoms with van der Waals surface area (Å²) in [6.45, 7) is 0.522. The first-order chi connectivity index (χ1) is 14.6. The molecule has 0 N–H and O–H groups in total. The molecule has 2 aromatic carbocycles. The van der Waals surface area contributed by atoms with Crippen molar-refractivity contribution in [2.24, 2.45) is 0 Å². The van der Waals surface area contributed by atoms with E-state index >= 15 is 0 Å². The van der Waals surface area contributed by atoms with Crippen molar-refractivity contribution >= 4 is 11.9 Å². The standard InChI is InChI=1S/C23H24FNO5/c24-19-11-17(14-28-21(27)13-25-10-6-2-5-9-20(25)26)22-18(12-19)15-29-23(30-22)16-7-3-1-4-8-16/h1,3-4,7-8,11-12,23H,2,5-6,9-10,13-15H2/t23-/m0/s1. The summed E-state index contributed by atoms with van der Waals surface area (Å²) in [6, 6.07) is 12.1. The fraction of sp³-hybridized carbons (Fsp3) is 0.391. The van der Waals surface area contributed by atoms with Crippen molar-refractivity contribution in [1.82, 2.24) is 4.90 Å². The molecule has 1 atom stereocenters. The second kappa shape index (κ2) is 9.26. The number of ether oxygens (including phenoxy) is 3. The molecule has 0 spiro atoms. The van der Waals surface area contributed by atoms with Crippen LogP contribution in [0.25, 0.3) is 0 Å². The highest BCUT2D eigenvalue weighted by molar-refractivity contribution is 5.82. The van der Waals surface area contributed by atoms with Crippen molar-refractivity contribution < 1.29 is 28.2 Å². The SMILES string of the molecule is O=C(CN1CCCCCC1=O)OCc1cc(F)cc2c1O[C@@H](c1ccccc1)OC2. The molecule has 0 saturated carbocycles. The summed E-state index contributed by atoms with van der Waals surface area (Å²) in [5.74, 6) is -0.531. The third kappa shape index (κ3) is 4.79. The van der Waals surface area contributed by atoms with Crippen LogP contribution in [0.4, 0.5) is 4.39 Å². The Labute approximate surface area is 174 Å². The van der Waals surface area contributed by atoms with Gasteiger partial charge in [-0.25, -0.2) is 4.39 Å². The van der Waals surface area contributed by atoms with Crippen LogP contribution in [-0.4, -0.2) is 29.9 Å².